The van der Waals surface area contributed by atoms with E-state index in [-0.39, 0.29) is 0 Å². The number of rotatable bonds is 2. The molecule has 2 aromatic carbocycles. The summed E-state index contributed by atoms with van der Waals surface area (Å²) in [6, 6.07) is 15.2. The van der Waals surface area contributed by atoms with Gasteiger partial charge in [-0.1, -0.05) is 45.7 Å². The summed E-state index contributed by atoms with van der Waals surface area (Å²) < 4.78 is 1.18. The van der Waals surface area contributed by atoms with E-state index >= 15 is 0 Å². The van der Waals surface area contributed by atoms with Crippen molar-refractivity contribution in [1.29, 1.82) is 0 Å². The minimum Gasteiger partial charge on any atom is -0.340 e. The Morgan fingerprint density at radius 1 is 1.11 bits per heavy atom. The van der Waals surface area contributed by atoms with Crippen LogP contribution in [0, 0.1) is 0 Å². The standard InChI is InChI=1S/C22H21BrClN3/c23-16-7-5-14-6-8-17(12-15(14)11-16)27-10-9-20-21(13-27)26-22(25-20)18-3-1-2-4-19(18)24/h1-5,7,11,17H,6,8-10,12-13H2,(H,25,26). The monoisotopic (exact) mass is 441 g/mol. The molecular weight excluding hydrogens is 422 g/mol. The number of aryl methyl sites for hydroxylation is 1. The third kappa shape index (κ3) is 3.35. The first-order valence-electron chi connectivity index (χ1n) is 9.51. The Hall–Kier alpha value is -1.62. The van der Waals surface area contributed by atoms with E-state index in [1.807, 2.05) is 24.3 Å². The lowest BCUT2D eigenvalue weighted by molar-refractivity contribution is 0.160. The van der Waals surface area contributed by atoms with Crippen molar-refractivity contribution >= 4 is 27.5 Å². The number of nitrogens with one attached hydrogen (secondary N) is 1. The minimum absolute atomic E-state index is 0.604. The zero-order valence-electron chi connectivity index (χ0n) is 15.0. The first-order valence-corrected chi connectivity index (χ1v) is 10.7. The summed E-state index contributed by atoms with van der Waals surface area (Å²) in [5, 5.41) is 0.745. The molecule has 3 aromatic rings. The number of nitrogens with zero attached hydrogens (tertiary/aromatic N) is 2. The van der Waals surface area contributed by atoms with Crippen molar-refractivity contribution < 1.29 is 0 Å². The van der Waals surface area contributed by atoms with E-state index in [1.165, 1.54) is 39.8 Å². The molecule has 0 bridgehead atoms. The largest absolute Gasteiger partial charge is 0.340 e. The Balaban J connectivity index is 1.37. The highest BCUT2D eigenvalue weighted by Gasteiger charge is 2.29. The van der Waals surface area contributed by atoms with E-state index in [0.29, 0.717) is 6.04 Å². The molecule has 27 heavy (non-hydrogen) atoms. The Labute approximate surface area is 172 Å². The van der Waals surface area contributed by atoms with Crippen LogP contribution in [-0.2, 0) is 25.8 Å². The molecule has 0 saturated carbocycles. The summed E-state index contributed by atoms with van der Waals surface area (Å²) in [6.45, 7) is 2.02. The van der Waals surface area contributed by atoms with Gasteiger partial charge in [-0.2, -0.15) is 0 Å². The molecule has 1 aliphatic heterocycles. The van der Waals surface area contributed by atoms with Crippen molar-refractivity contribution in [2.45, 2.75) is 38.3 Å². The number of aromatic nitrogens is 2. The molecule has 1 atom stereocenters. The average molecular weight is 443 g/mol. The van der Waals surface area contributed by atoms with Crippen molar-refractivity contribution in [2.75, 3.05) is 6.54 Å². The van der Waals surface area contributed by atoms with Gasteiger partial charge in [0.1, 0.15) is 5.82 Å². The first kappa shape index (κ1) is 17.5. The minimum atomic E-state index is 0.604. The third-order valence-electron chi connectivity index (χ3n) is 5.88. The summed E-state index contributed by atoms with van der Waals surface area (Å²) in [5.41, 5.74) is 6.43. The Bertz CT molecular complexity index is 997. The molecular formula is C22H21BrClN3. The molecule has 3 nitrogen and oxygen atoms in total. The number of H-pyrrole nitrogens is 1. The molecule has 0 saturated heterocycles. The highest BCUT2D eigenvalue weighted by Crippen LogP contribution is 2.32. The van der Waals surface area contributed by atoms with E-state index in [0.717, 1.165) is 42.3 Å². The van der Waals surface area contributed by atoms with E-state index in [1.54, 1.807) is 0 Å². The SMILES string of the molecule is Clc1ccccc1-c1nc2c([nH]1)CN(C1CCc3ccc(Br)cc3C1)CC2. The lowest BCUT2D eigenvalue weighted by atomic mass is 9.87. The van der Waals surface area contributed by atoms with Gasteiger partial charge in [-0.25, -0.2) is 4.98 Å². The highest BCUT2D eigenvalue weighted by atomic mass is 79.9. The van der Waals surface area contributed by atoms with Crippen LogP contribution in [-0.4, -0.2) is 27.5 Å². The van der Waals surface area contributed by atoms with Gasteiger partial charge < -0.3 is 4.98 Å². The van der Waals surface area contributed by atoms with Crippen LogP contribution in [0.1, 0.15) is 28.9 Å². The maximum atomic E-state index is 6.36. The van der Waals surface area contributed by atoms with Gasteiger partial charge in [0.2, 0.25) is 0 Å². The number of benzene rings is 2. The number of halogens is 2. The summed E-state index contributed by atoms with van der Waals surface area (Å²) >= 11 is 9.98. The number of imidazole rings is 1. The molecule has 1 aliphatic carbocycles. The summed E-state index contributed by atoms with van der Waals surface area (Å²) in [4.78, 5) is 11.0. The predicted molar refractivity (Wildman–Crippen MR) is 113 cm³/mol. The summed E-state index contributed by atoms with van der Waals surface area (Å²) in [7, 11) is 0. The van der Waals surface area contributed by atoms with Gasteiger partial charge >= 0.3 is 0 Å². The fourth-order valence-electron chi connectivity index (χ4n) is 4.43. The van der Waals surface area contributed by atoms with Gasteiger partial charge in [-0.15, -0.1) is 0 Å². The van der Waals surface area contributed by atoms with Crippen LogP contribution in [0.4, 0.5) is 0 Å². The van der Waals surface area contributed by atoms with Crippen LogP contribution in [0.15, 0.2) is 46.9 Å². The van der Waals surface area contributed by atoms with Crippen LogP contribution < -0.4 is 0 Å². The van der Waals surface area contributed by atoms with Gasteiger partial charge in [0, 0.05) is 35.6 Å². The van der Waals surface area contributed by atoms with Crippen LogP contribution in [0.2, 0.25) is 5.02 Å². The second kappa shape index (κ2) is 7.08. The molecule has 1 unspecified atom stereocenters. The van der Waals surface area contributed by atoms with Crippen molar-refractivity contribution in [3.05, 3.63) is 74.5 Å². The molecule has 2 aliphatic rings. The van der Waals surface area contributed by atoms with Crippen LogP contribution in [0.3, 0.4) is 0 Å². The molecule has 138 valence electrons. The van der Waals surface area contributed by atoms with Crippen molar-refractivity contribution in [1.82, 2.24) is 14.9 Å². The van der Waals surface area contributed by atoms with Crippen molar-refractivity contribution in [3.63, 3.8) is 0 Å². The van der Waals surface area contributed by atoms with Gasteiger partial charge in [0.05, 0.1) is 16.4 Å². The molecule has 0 radical (unpaired) electrons. The van der Waals surface area contributed by atoms with Crippen molar-refractivity contribution in [2.24, 2.45) is 0 Å². The Kier molecular flexibility index (Phi) is 4.58. The smallest absolute Gasteiger partial charge is 0.139 e. The van der Waals surface area contributed by atoms with Gasteiger partial charge in [-0.05, 0) is 54.7 Å². The van der Waals surface area contributed by atoms with Gasteiger partial charge in [0.25, 0.3) is 0 Å². The number of hydrogen-bond acceptors (Lipinski definition) is 2. The number of fused-ring (bicyclic) bond motifs is 2. The third-order valence-corrected chi connectivity index (χ3v) is 6.70. The van der Waals surface area contributed by atoms with Gasteiger partial charge in [-0.3, -0.25) is 4.90 Å². The average Bonchev–Trinajstić information content (AvgIpc) is 3.10. The molecule has 5 heteroatoms. The number of hydrogen-bond donors (Lipinski definition) is 1. The zero-order chi connectivity index (χ0) is 18.4. The molecule has 0 fully saturated rings. The molecule has 5 rings (SSSR count). The van der Waals surface area contributed by atoms with Crippen LogP contribution in [0.25, 0.3) is 11.4 Å². The fourth-order valence-corrected chi connectivity index (χ4v) is 5.06. The van der Waals surface area contributed by atoms with E-state index in [9.17, 15) is 0 Å². The second-order valence-electron chi connectivity index (χ2n) is 7.52. The maximum Gasteiger partial charge on any atom is 0.139 e. The molecule has 0 spiro atoms. The second-order valence-corrected chi connectivity index (χ2v) is 8.84. The Morgan fingerprint density at radius 2 is 2.00 bits per heavy atom. The summed E-state index contributed by atoms with van der Waals surface area (Å²) in [5.74, 6) is 0.894. The Morgan fingerprint density at radius 3 is 2.89 bits per heavy atom. The van der Waals surface area contributed by atoms with E-state index in [4.69, 9.17) is 16.6 Å². The quantitative estimate of drug-likeness (QED) is 0.575. The van der Waals surface area contributed by atoms with E-state index < -0.39 is 0 Å². The zero-order valence-corrected chi connectivity index (χ0v) is 17.4. The van der Waals surface area contributed by atoms with Gasteiger partial charge in [0.15, 0.2) is 0 Å². The summed E-state index contributed by atoms with van der Waals surface area (Å²) in [6.07, 6.45) is 4.54. The molecule has 1 aromatic heterocycles. The lowest BCUT2D eigenvalue weighted by Crippen LogP contribution is -2.42. The van der Waals surface area contributed by atoms with Crippen LogP contribution >= 0.6 is 27.5 Å². The predicted octanol–water partition coefficient (Wildman–Crippen LogP) is 5.41. The van der Waals surface area contributed by atoms with Crippen LogP contribution in [0.5, 0.6) is 0 Å². The molecule has 0 amide bonds. The molecule has 2 heterocycles. The molecule has 1 N–H and O–H groups in total. The fraction of sp³-hybridized carbons (Fsp3) is 0.318. The lowest BCUT2D eigenvalue weighted by Gasteiger charge is -2.37. The van der Waals surface area contributed by atoms with Crippen molar-refractivity contribution in [3.8, 4) is 11.4 Å². The maximum absolute atomic E-state index is 6.36. The van der Waals surface area contributed by atoms with E-state index in [2.05, 4.69) is 44.0 Å². The normalized spacial score (nSPS) is 19.6. The number of aromatic amines is 1. The first-order chi connectivity index (χ1) is 13.2. The topological polar surface area (TPSA) is 31.9 Å². The highest BCUT2D eigenvalue weighted by molar-refractivity contribution is 9.10.